The second-order valence-electron chi connectivity index (χ2n) is 7.12. The maximum atomic E-state index is 12.4. The van der Waals surface area contributed by atoms with Gasteiger partial charge in [0.05, 0.1) is 12.1 Å². The quantitative estimate of drug-likeness (QED) is 0.432. The van der Waals surface area contributed by atoms with Crippen molar-refractivity contribution in [3.8, 4) is 17.2 Å². The van der Waals surface area contributed by atoms with Crippen LogP contribution in [0.3, 0.4) is 0 Å². The molecule has 1 heterocycles. The van der Waals surface area contributed by atoms with Crippen molar-refractivity contribution in [3.05, 3.63) is 63.5 Å². The fraction of sp³-hybridized carbons (Fsp3) is 0.333. The molecule has 3 aromatic rings. The van der Waals surface area contributed by atoms with Gasteiger partial charge in [-0.25, -0.2) is 0 Å². The molecule has 9 heteroatoms. The van der Waals surface area contributed by atoms with Gasteiger partial charge in [0.25, 0.3) is 0 Å². The number of halogens is 4. The van der Waals surface area contributed by atoms with Crippen LogP contribution in [0, 0.1) is 13.8 Å². The molecule has 0 N–H and O–H groups in total. The normalized spacial score (nSPS) is 11.9. The molecule has 0 saturated heterocycles. The van der Waals surface area contributed by atoms with Crippen molar-refractivity contribution in [1.29, 1.82) is 0 Å². The first-order chi connectivity index (χ1) is 14.1. The van der Waals surface area contributed by atoms with Gasteiger partial charge >= 0.3 is 6.18 Å². The Hall–Kier alpha value is -2.39. The van der Waals surface area contributed by atoms with E-state index < -0.39 is 12.8 Å². The number of ether oxygens (including phenoxy) is 1. The number of benzene rings is 2. The lowest BCUT2D eigenvalue weighted by atomic mass is 10.1. The predicted octanol–water partition coefficient (Wildman–Crippen LogP) is 5.69. The number of rotatable bonds is 7. The van der Waals surface area contributed by atoms with Crippen molar-refractivity contribution in [2.45, 2.75) is 33.1 Å². The zero-order valence-corrected chi connectivity index (χ0v) is 18.3. The predicted molar refractivity (Wildman–Crippen MR) is 110 cm³/mol. The third-order valence-corrected chi connectivity index (χ3v) is 5.02. The van der Waals surface area contributed by atoms with Crippen molar-refractivity contribution in [1.82, 2.24) is 15.1 Å². The fourth-order valence-corrected chi connectivity index (χ4v) is 3.63. The highest BCUT2D eigenvalue weighted by atomic mass is 79.9. The molecule has 0 aliphatic carbocycles. The zero-order chi connectivity index (χ0) is 21.9. The van der Waals surface area contributed by atoms with E-state index in [4.69, 9.17) is 9.15 Å². The largest absolute Gasteiger partial charge is 0.484 e. The van der Waals surface area contributed by atoms with Crippen LogP contribution in [0.4, 0.5) is 13.2 Å². The molecule has 160 valence electrons. The molecular formula is C21H21BrF3N3O2. The van der Waals surface area contributed by atoms with Gasteiger partial charge in [0.15, 0.2) is 6.61 Å². The summed E-state index contributed by atoms with van der Waals surface area (Å²) in [6.07, 6.45) is -4.37. The topological polar surface area (TPSA) is 51.4 Å². The second kappa shape index (κ2) is 9.18. The molecule has 0 spiro atoms. The molecule has 5 nitrogen and oxygen atoms in total. The SMILES string of the molecule is Cc1cc(CN(C)Cc2nnc(-c3ccccc3Br)o2)cc(C)c1OCC(F)(F)F. The molecular weight excluding hydrogens is 463 g/mol. The van der Waals surface area contributed by atoms with Crippen molar-refractivity contribution >= 4 is 15.9 Å². The first-order valence-corrected chi connectivity index (χ1v) is 9.97. The van der Waals surface area contributed by atoms with Gasteiger partial charge < -0.3 is 9.15 Å². The summed E-state index contributed by atoms with van der Waals surface area (Å²) in [5.41, 5.74) is 3.10. The second-order valence-corrected chi connectivity index (χ2v) is 7.97. The summed E-state index contributed by atoms with van der Waals surface area (Å²) < 4.78 is 48.9. The van der Waals surface area contributed by atoms with Crippen molar-refractivity contribution in [3.63, 3.8) is 0 Å². The van der Waals surface area contributed by atoms with Gasteiger partial charge in [-0.2, -0.15) is 13.2 Å². The van der Waals surface area contributed by atoms with Crippen LogP contribution in [0.5, 0.6) is 5.75 Å². The van der Waals surface area contributed by atoms with Crippen LogP contribution in [0.25, 0.3) is 11.5 Å². The van der Waals surface area contributed by atoms with E-state index >= 15 is 0 Å². The summed E-state index contributed by atoms with van der Waals surface area (Å²) >= 11 is 3.47. The zero-order valence-electron chi connectivity index (χ0n) is 16.8. The van der Waals surface area contributed by atoms with Crippen molar-refractivity contribution < 1.29 is 22.3 Å². The van der Waals surface area contributed by atoms with E-state index in [1.807, 2.05) is 48.3 Å². The number of hydrogen-bond donors (Lipinski definition) is 0. The smallest absolute Gasteiger partial charge is 0.422 e. The lowest BCUT2D eigenvalue weighted by Crippen LogP contribution is -2.20. The van der Waals surface area contributed by atoms with Gasteiger partial charge in [0.1, 0.15) is 5.75 Å². The van der Waals surface area contributed by atoms with Gasteiger partial charge in [-0.15, -0.1) is 10.2 Å². The Kier molecular flexibility index (Phi) is 6.82. The van der Waals surface area contributed by atoms with E-state index in [9.17, 15) is 13.2 Å². The van der Waals surface area contributed by atoms with Crippen LogP contribution < -0.4 is 4.74 Å². The number of alkyl halides is 3. The fourth-order valence-electron chi connectivity index (χ4n) is 3.17. The van der Waals surface area contributed by atoms with E-state index in [0.29, 0.717) is 36.0 Å². The minimum Gasteiger partial charge on any atom is -0.484 e. The molecule has 3 rings (SSSR count). The van der Waals surface area contributed by atoms with Gasteiger partial charge in [0.2, 0.25) is 11.8 Å². The molecule has 0 aliphatic rings. The Labute approximate surface area is 181 Å². The molecule has 0 atom stereocenters. The third-order valence-electron chi connectivity index (χ3n) is 4.33. The lowest BCUT2D eigenvalue weighted by molar-refractivity contribution is -0.153. The average Bonchev–Trinajstić information content (AvgIpc) is 3.08. The highest BCUT2D eigenvalue weighted by Gasteiger charge is 2.29. The molecule has 0 bridgehead atoms. The molecule has 0 fully saturated rings. The lowest BCUT2D eigenvalue weighted by Gasteiger charge is -2.18. The van der Waals surface area contributed by atoms with Crippen LogP contribution in [0.1, 0.15) is 22.6 Å². The highest BCUT2D eigenvalue weighted by Crippen LogP contribution is 2.29. The summed E-state index contributed by atoms with van der Waals surface area (Å²) in [5, 5.41) is 8.21. The van der Waals surface area contributed by atoms with Gasteiger partial charge in [-0.05, 0) is 65.6 Å². The molecule has 0 saturated carbocycles. The average molecular weight is 484 g/mol. The Balaban J connectivity index is 1.65. The molecule has 30 heavy (non-hydrogen) atoms. The Morgan fingerprint density at radius 2 is 1.73 bits per heavy atom. The molecule has 2 aromatic carbocycles. The first-order valence-electron chi connectivity index (χ1n) is 9.18. The summed E-state index contributed by atoms with van der Waals surface area (Å²) in [7, 11) is 1.90. The molecule has 0 radical (unpaired) electrons. The molecule has 0 aliphatic heterocycles. The van der Waals surface area contributed by atoms with Gasteiger partial charge in [-0.3, -0.25) is 4.90 Å². The maximum absolute atomic E-state index is 12.4. The van der Waals surface area contributed by atoms with E-state index in [-0.39, 0.29) is 5.75 Å². The number of aryl methyl sites for hydroxylation is 2. The minimum atomic E-state index is -4.37. The van der Waals surface area contributed by atoms with E-state index in [0.717, 1.165) is 15.6 Å². The van der Waals surface area contributed by atoms with Crippen LogP contribution in [0.15, 0.2) is 45.3 Å². The van der Waals surface area contributed by atoms with Crippen molar-refractivity contribution in [2.75, 3.05) is 13.7 Å². The third kappa shape index (κ3) is 5.82. The highest BCUT2D eigenvalue weighted by molar-refractivity contribution is 9.10. The first kappa shape index (κ1) is 22.3. The minimum absolute atomic E-state index is 0.272. The number of hydrogen-bond acceptors (Lipinski definition) is 5. The van der Waals surface area contributed by atoms with Gasteiger partial charge in [-0.1, -0.05) is 24.3 Å². The summed E-state index contributed by atoms with van der Waals surface area (Å²) in [5.74, 6) is 1.18. The van der Waals surface area contributed by atoms with E-state index in [1.165, 1.54) is 0 Å². The van der Waals surface area contributed by atoms with Crippen LogP contribution in [-0.2, 0) is 13.1 Å². The number of nitrogens with zero attached hydrogens (tertiary/aromatic N) is 3. The van der Waals surface area contributed by atoms with Crippen LogP contribution >= 0.6 is 15.9 Å². The van der Waals surface area contributed by atoms with E-state index in [2.05, 4.69) is 26.1 Å². The Bertz CT molecular complexity index is 998. The van der Waals surface area contributed by atoms with E-state index in [1.54, 1.807) is 13.8 Å². The maximum Gasteiger partial charge on any atom is 0.422 e. The Morgan fingerprint density at radius 3 is 2.37 bits per heavy atom. The molecule has 0 unspecified atom stereocenters. The van der Waals surface area contributed by atoms with Crippen LogP contribution in [0.2, 0.25) is 0 Å². The standard InChI is InChI=1S/C21H21BrF3N3O2/c1-13-8-15(9-14(2)19(13)29-12-21(23,24)25)10-28(3)11-18-26-27-20(30-18)16-6-4-5-7-17(16)22/h4-9H,10-12H2,1-3H3. The Morgan fingerprint density at radius 1 is 1.07 bits per heavy atom. The van der Waals surface area contributed by atoms with Gasteiger partial charge in [0, 0.05) is 11.0 Å². The molecule has 1 aromatic heterocycles. The summed E-state index contributed by atoms with van der Waals surface area (Å²) in [6.45, 7) is 3.18. The summed E-state index contributed by atoms with van der Waals surface area (Å²) in [4.78, 5) is 1.99. The molecule has 0 amide bonds. The van der Waals surface area contributed by atoms with Crippen molar-refractivity contribution in [2.24, 2.45) is 0 Å². The van der Waals surface area contributed by atoms with Crippen LogP contribution in [-0.4, -0.2) is 34.9 Å². The number of aromatic nitrogens is 2. The monoisotopic (exact) mass is 483 g/mol. The summed E-state index contributed by atoms with van der Waals surface area (Å²) in [6, 6.07) is 11.2.